The number of esters is 1. The van der Waals surface area contributed by atoms with Gasteiger partial charge in [0.2, 0.25) is 5.91 Å². The van der Waals surface area contributed by atoms with Crippen molar-refractivity contribution in [2.24, 2.45) is 0 Å². The molecule has 0 unspecified atom stereocenters. The smallest absolute Gasteiger partial charge is 0.307 e. The Morgan fingerprint density at radius 1 is 1.26 bits per heavy atom. The summed E-state index contributed by atoms with van der Waals surface area (Å²) in [4.78, 5) is 41.1. The number of nitrogens with one attached hydrogen (secondary N) is 3. The molecule has 0 spiro atoms. The van der Waals surface area contributed by atoms with E-state index < -0.39 is 0 Å². The lowest BCUT2D eigenvalue weighted by Crippen LogP contribution is -2.35. The predicted octanol–water partition coefficient (Wildman–Crippen LogP) is 1.59. The molecule has 0 aliphatic carbocycles. The normalized spacial score (nSPS) is 12.5. The highest BCUT2D eigenvalue weighted by molar-refractivity contribution is 5.77. The fourth-order valence-corrected chi connectivity index (χ4v) is 3.39. The number of anilines is 2. The first-order valence-electron chi connectivity index (χ1n) is 10.6. The van der Waals surface area contributed by atoms with Crippen molar-refractivity contribution in [3.05, 3.63) is 51.6 Å². The van der Waals surface area contributed by atoms with E-state index in [1.54, 1.807) is 26.0 Å². The lowest BCUT2D eigenvalue weighted by molar-refractivity contribution is -0.143. The number of pyridine rings is 2. The second-order valence-electron chi connectivity index (χ2n) is 7.38. The zero-order chi connectivity index (χ0) is 22.2. The third-order valence-electron chi connectivity index (χ3n) is 5.06. The molecule has 0 saturated carbocycles. The van der Waals surface area contributed by atoms with Crippen LogP contribution in [0.25, 0.3) is 0 Å². The summed E-state index contributed by atoms with van der Waals surface area (Å²) < 4.78 is 6.23. The zero-order valence-corrected chi connectivity index (χ0v) is 18.0. The van der Waals surface area contributed by atoms with E-state index >= 15 is 0 Å². The predicted molar refractivity (Wildman–Crippen MR) is 118 cm³/mol. The van der Waals surface area contributed by atoms with Crippen LogP contribution in [0.2, 0.25) is 0 Å². The molecule has 0 bridgehead atoms. The van der Waals surface area contributed by atoms with Crippen LogP contribution in [0.4, 0.5) is 11.5 Å². The number of rotatable bonds is 9. The molecule has 0 atom stereocenters. The minimum Gasteiger partial charge on any atom is -0.466 e. The fourth-order valence-electron chi connectivity index (χ4n) is 3.39. The van der Waals surface area contributed by atoms with Crippen molar-refractivity contribution in [1.29, 1.82) is 0 Å². The molecule has 0 aromatic carbocycles. The van der Waals surface area contributed by atoms with Crippen LogP contribution in [0.5, 0.6) is 0 Å². The van der Waals surface area contributed by atoms with Crippen LogP contribution in [0.1, 0.15) is 36.7 Å². The van der Waals surface area contributed by atoms with Crippen molar-refractivity contribution in [2.45, 2.75) is 46.2 Å². The molecule has 31 heavy (non-hydrogen) atoms. The van der Waals surface area contributed by atoms with Gasteiger partial charge < -0.3 is 25.3 Å². The second kappa shape index (κ2) is 10.6. The minimum atomic E-state index is -0.367. The Morgan fingerprint density at radius 2 is 2.10 bits per heavy atom. The molecule has 1 aliphatic heterocycles. The molecule has 0 fully saturated rings. The number of hydrogen-bond donors (Lipinski definition) is 3. The first-order valence-corrected chi connectivity index (χ1v) is 10.6. The molecule has 3 rings (SSSR count). The summed E-state index contributed by atoms with van der Waals surface area (Å²) in [6.07, 6.45) is 2.22. The van der Waals surface area contributed by atoms with Gasteiger partial charge in [-0.3, -0.25) is 14.4 Å². The molecular formula is C22H29N5O4. The van der Waals surface area contributed by atoms with Gasteiger partial charge in [0.25, 0.3) is 5.56 Å². The number of carbonyl (C=O) groups is 2. The molecule has 166 valence electrons. The molecule has 1 aliphatic rings. The van der Waals surface area contributed by atoms with E-state index in [1.165, 1.54) is 10.1 Å². The summed E-state index contributed by atoms with van der Waals surface area (Å²) in [6, 6.07) is 7.53. The van der Waals surface area contributed by atoms with Crippen LogP contribution < -0.4 is 21.5 Å². The van der Waals surface area contributed by atoms with Gasteiger partial charge in [0.05, 0.1) is 25.3 Å². The Labute approximate surface area is 181 Å². The lowest BCUT2D eigenvalue weighted by atomic mass is 10.1. The number of amides is 1. The maximum Gasteiger partial charge on any atom is 0.307 e. The SMILES string of the molecule is CCOC(=O)CCNC(=O)Cn1c(C)ccc(NCc2ccc3c(n2)NCCC3)c1=O. The summed E-state index contributed by atoms with van der Waals surface area (Å²) in [5.41, 5.74) is 2.83. The Balaban J connectivity index is 1.60. The van der Waals surface area contributed by atoms with Crippen LogP contribution in [0, 0.1) is 6.92 Å². The molecule has 1 amide bonds. The molecule has 9 nitrogen and oxygen atoms in total. The fraction of sp³-hybridized carbons (Fsp3) is 0.455. The maximum atomic E-state index is 12.9. The van der Waals surface area contributed by atoms with Crippen molar-refractivity contribution in [1.82, 2.24) is 14.9 Å². The van der Waals surface area contributed by atoms with Gasteiger partial charge in [0, 0.05) is 18.8 Å². The average Bonchev–Trinajstić information content (AvgIpc) is 2.76. The first kappa shape index (κ1) is 22.3. The van der Waals surface area contributed by atoms with Crippen LogP contribution in [-0.2, 0) is 33.8 Å². The van der Waals surface area contributed by atoms with E-state index in [1.807, 2.05) is 6.07 Å². The van der Waals surface area contributed by atoms with Crippen molar-refractivity contribution in [3.63, 3.8) is 0 Å². The van der Waals surface area contributed by atoms with Crippen molar-refractivity contribution < 1.29 is 14.3 Å². The summed E-state index contributed by atoms with van der Waals surface area (Å²) in [7, 11) is 0. The monoisotopic (exact) mass is 427 g/mol. The Bertz CT molecular complexity index is 1000. The number of aryl methyl sites for hydroxylation is 2. The van der Waals surface area contributed by atoms with E-state index in [0.717, 1.165) is 30.9 Å². The summed E-state index contributed by atoms with van der Waals surface area (Å²) in [5.74, 6) is 0.203. The van der Waals surface area contributed by atoms with Crippen molar-refractivity contribution in [3.8, 4) is 0 Å². The Hall–Kier alpha value is -3.36. The van der Waals surface area contributed by atoms with Crippen LogP contribution in [0.3, 0.4) is 0 Å². The number of aromatic nitrogens is 2. The summed E-state index contributed by atoms with van der Waals surface area (Å²) in [6.45, 7) is 5.17. The van der Waals surface area contributed by atoms with Gasteiger partial charge in [0.1, 0.15) is 18.1 Å². The third-order valence-corrected chi connectivity index (χ3v) is 5.06. The largest absolute Gasteiger partial charge is 0.466 e. The molecule has 0 saturated heterocycles. The quantitative estimate of drug-likeness (QED) is 0.521. The number of hydrogen-bond acceptors (Lipinski definition) is 7. The van der Waals surface area contributed by atoms with Crippen LogP contribution in [0.15, 0.2) is 29.1 Å². The lowest BCUT2D eigenvalue weighted by Gasteiger charge is -2.18. The number of fused-ring (bicyclic) bond motifs is 1. The van der Waals surface area contributed by atoms with Crippen LogP contribution >= 0.6 is 0 Å². The van der Waals surface area contributed by atoms with Gasteiger partial charge in [-0.1, -0.05) is 6.07 Å². The van der Waals surface area contributed by atoms with Gasteiger partial charge in [-0.25, -0.2) is 4.98 Å². The highest BCUT2D eigenvalue weighted by Crippen LogP contribution is 2.20. The summed E-state index contributed by atoms with van der Waals surface area (Å²) >= 11 is 0. The summed E-state index contributed by atoms with van der Waals surface area (Å²) in [5, 5.41) is 9.08. The molecular weight excluding hydrogens is 398 g/mol. The van der Waals surface area contributed by atoms with Crippen molar-refractivity contribution >= 4 is 23.4 Å². The van der Waals surface area contributed by atoms with E-state index in [0.29, 0.717) is 24.5 Å². The molecule has 0 radical (unpaired) electrons. The molecule has 2 aromatic rings. The van der Waals surface area contributed by atoms with Gasteiger partial charge >= 0.3 is 5.97 Å². The van der Waals surface area contributed by atoms with E-state index in [-0.39, 0.29) is 36.9 Å². The third kappa shape index (κ3) is 6.07. The number of nitrogens with zero attached hydrogens (tertiary/aromatic N) is 2. The zero-order valence-electron chi connectivity index (χ0n) is 18.0. The topological polar surface area (TPSA) is 114 Å². The molecule has 3 N–H and O–H groups in total. The van der Waals surface area contributed by atoms with Crippen LogP contribution in [-0.4, -0.2) is 41.1 Å². The first-order chi connectivity index (χ1) is 15.0. The molecule has 2 aromatic heterocycles. The number of carbonyl (C=O) groups excluding carboxylic acids is 2. The molecule has 9 heteroatoms. The van der Waals surface area contributed by atoms with Gasteiger partial charge in [-0.15, -0.1) is 0 Å². The maximum absolute atomic E-state index is 12.9. The Morgan fingerprint density at radius 3 is 2.90 bits per heavy atom. The van der Waals surface area contributed by atoms with Gasteiger partial charge in [-0.05, 0) is 50.5 Å². The van der Waals surface area contributed by atoms with Gasteiger partial charge in [0.15, 0.2) is 0 Å². The van der Waals surface area contributed by atoms with E-state index in [9.17, 15) is 14.4 Å². The van der Waals surface area contributed by atoms with Crippen molar-refractivity contribution in [2.75, 3.05) is 30.3 Å². The highest BCUT2D eigenvalue weighted by atomic mass is 16.5. The highest BCUT2D eigenvalue weighted by Gasteiger charge is 2.13. The number of ether oxygens (including phenoxy) is 1. The van der Waals surface area contributed by atoms with Gasteiger partial charge in [-0.2, -0.15) is 0 Å². The second-order valence-corrected chi connectivity index (χ2v) is 7.38. The molecule has 3 heterocycles. The van der Waals surface area contributed by atoms with E-state index in [4.69, 9.17) is 4.74 Å². The Kier molecular flexibility index (Phi) is 7.64. The average molecular weight is 428 g/mol. The standard InChI is InChI=1S/C22H29N5O4/c1-3-31-20(29)10-12-23-19(28)14-27-15(2)6-9-18(22(27)30)25-13-17-8-7-16-5-4-11-24-21(16)26-17/h6-9,25H,3-5,10-14H2,1-2H3,(H,23,28)(H,24,26). The minimum absolute atomic E-state index is 0.0949. The van der Waals surface area contributed by atoms with E-state index in [2.05, 4.69) is 27.0 Å².